The number of likely N-dealkylation sites (tertiary alicyclic amines) is 1. The Labute approximate surface area is 114 Å². The summed E-state index contributed by atoms with van der Waals surface area (Å²) in [6.45, 7) is 3.85. The molecule has 0 radical (unpaired) electrons. The molecular formula is C15H22N2O2. The van der Waals surface area contributed by atoms with Gasteiger partial charge in [-0.05, 0) is 38.3 Å². The van der Waals surface area contributed by atoms with Gasteiger partial charge in [-0.2, -0.15) is 0 Å². The van der Waals surface area contributed by atoms with Crippen molar-refractivity contribution in [2.75, 3.05) is 25.0 Å². The van der Waals surface area contributed by atoms with E-state index in [-0.39, 0.29) is 6.09 Å². The molecule has 1 atom stereocenters. The molecule has 1 aromatic carbocycles. The summed E-state index contributed by atoms with van der Waals surface area (Å²) >= 11 is 0. The molecule has 104 valence electrons. The lowest BCUT2D eigenvalue weighted by molar-refractivity contribution is 0.108. The Hall–Kier alpha value is -1.71. The van der Waals surface area contributed by atoms with E-state index in [4.69, 9.17) is 4.74 Å². The van der Waals surface area contributed by atoms with Crippen molar-refractivity contribution in [2.24, 2.45) is 0 Å². The lowest BCUT2D eigenvalue weighted by Gasteiger charge is -2.20. The lowest BCUT2D eigenvalue weighted by Crippen LogP contribution is -2.33. The maximum atomic E-state index is 11.7. The molecule has 0 unspecified atom stereocenters. The van der Waals surface area contributed by atoms with Crippen LogP contribution in [-0.2, 0) is 4.74 Å². The Morgan fingerprint density at radius 2 is 2.11 bits per heavy atom. The number of carbonyl (C=O) groups is 1. The molecule has 4 heteroatoms. The van der Waals surface area contributed by atoms with Crippen LogP contribution in [0.1, 0.15) is 26.2 Å². The van der Waals surface area contributed by atoms with Gasteiger partial charge in [-0.25, -0.2) is 4.79 Å². The summed E-state index contributed by atoms with van der Waals surface area (Å²) in [5.41, 5.74) is 1.15. The van der Waals surface area contributed by atoms with Crippen LogP contribution in [0.25, 0.3) is 0 Å². The van der Waals surface area contributed by atoms with Gasteiger partial charge in [-0.1, -0.05) is 18.2 Å². The number of nitrogens with zero attached hydrogens (tertiary/aromatic N) is 1. The maximum absolute atomic E-state index is 11.7. The van der Waals surface area contributed by atoms with Gasteiger partial charge in [0.1, 0.15) is 0 Å². The second-order valence-electron chi connectivity index (χ2n) is 4.82. The first kappa shape index (κ1) is 13.7. The van der Waals surface area contributed by atoms with Crippen molar-refractivity contribution >= 4 is 11.8 Å². The molecule has 2 rings (SSSR count). The first-order valence-electron chi connectivity index (χ1n) is 7.03. The number of anilines is 1. The molecule has 0 spiro atoms. The van der Waals surface area contributed by atoms with Gasteiger partial charge in [0.2, 0.25) is 0 Å². The van der Waals surface area contributed by atoms with E-state index in [0.29, 0.717) is 12.6 Å². The van der Waals surface area contributed by atoms with Gasteiger partial charge in [-0.15, -0.1) is 0 Å². The standard InChI is InChI=1S/C15H22N2O2/c1-2-19-15(18)17-11-6-9-14(10-12-17)16-13-7-4-3-5-8-13/h3-5,7-8,14,16H,2,6,9-12H2,1H3/t14-/m0/s1. The summed E-state index contributed by atoms with van der Waals surface area (Å²) in [6.07, 6.45) is 2.89. The Balaban J connectivity index is 1.85. The molecule has 1 aromatic rings. The van der Waals surface area contributed by atoms with E-state index in [1.165, 1.54) is 0 Å². The molecule has 1 heterocycles. The predicted octanol–water partition coefficient (Wildman–Crippen LogP) is 3.11. The quantitative estimate of drug-likeness (QED) is 0.910. The Morgan fingerprint density at radius 1 is 1.32 bits per heavy atom. The molecule has 1 aliphatic heterocycles. The van der Waals surface area contributed by atoms with Crippen LogP contribution < -0.4 is 5.32 Å². The lowest BCUT2D eigenvalue weighted by atomic mass is 10.1. The fraction of sp³-hybridized carbons (Fsp3) is 0.533. The third-order valence-corrected chi connectivity index (χ3v) is 3.40. The first-order chi connectivity index (χ1) is 9.29. The molecule has 0 bridgehead atoms. The van der Waals surface area contributed by atoms with Gasteiger partial charge in [0.05, 0.1) is 6.61 Å². The van der Waals surface area contributed by atoms with Gasteiger partial charge in [-0.3, -0.25) is 0 Å². The number of para-hydroxylation sites is 1. The first-order valence-corrected chi connectivity index (χ1v) is 7.03. The molecule has 1 saturated heterocycles. The molecule has 4 nitrogen and oxygen atoms in total. The SMILES string of the molecule is CCOC(=O)N1CCC[C@H](Nc2ccccc2)CC1. The number of nitrogens with one attached hydrogen (secondary N) is 1. The topological polar surface area (TPSA) is 41.6 Å². The summed E-state index contributed by atoms with van der Waals surface area (Å²) < 4.78 is 5.06. The van der Waals surface area contributed by atoms with E-state index in [2.05, 4.69) is 17.4 Å². The van der Waals surface area contributed by atoms with Crippen LogP contribution in [0.3, 0.4) is 0 Å². The highest BCUT2D eigenvalue weighted by atomic mass is 16.6. The third kappa shape index (κ3) is 4.16. The third-order valence-electron chi connectivity index (χ3n) is 3.40. The van der Waals surface area contributed by atoms with Gasteiger partial charge < -0.3 is 15.0 Å². The van der Waals surface area contributed by atoms with E-state index in [1.807, 2.05) is 30.0 Å². The molecular weight excluding hydrogens is 240 g/mol. The van der Waals surface area contributed by atoms with Crippen LogP contribution in [-0.4, -0.2) is 36.7 Å². The molecule has 1 N–H and O–H groups in total. The number of benzene rings is 1. The van der Waals surface area contributed by atoms with Crippen molar-refractivity contribution in [1.29, 1.82) is 0 Å². The zero-order valence-electron chi connectivity index (χ0n) is 11.5. The molecule has 1 fully saturated rings. The van der Waals surface area contributed by atoms with Gasteiger partial charge in [0, 0.05) is 24.8 Å². The van der Waals surface area contributed by atoms with Crippen LogP contribution in [0.2, 0.25) is 0 Å². The molecule has 19 heavy (non-hydrogen) atoms. The number of ether oxygens (including phenoxy) is 1. The molecule has 0 saturated carbocycles. The fourth-order valence-corrected chi connectivity index (χ4v) is 2.41. The normalized spacial score (nSPS) is 19.6. The van der Waals surface area contributed by atoms with Crippen molar-refractivity contribution in [2.45, 2.75) is 32.2 Å². The van der Waals surface area contributed by atoms with Crippen molar-refractivity contribution in [3.63, 3.8) is 0 Å². The number of amides is 1. The van der Waals surface area contributed by atoms with Crippen LogP contribution in [0.4, 0.5) is 10.5 Å². The number of carbonyl (C=O) groups excluding carboxylic acids is 1. The van der Waals surface area contributed by atoms with Crippen LogP contribution in [0.15, 0.2) is 30.3 Å². The highest BCUT2D eigenvalue weighted by molar-refractivity contribution is 5.67. The van der Waals surface area contributed by atoms with Gasteiger partial charge >= 0.3 is 6.09 Å². The Bertz CT molecular complexity index is 394. The van der Waals surface area contributed by atoms with Crippen LogP contribution in [0, 0.1) is 0 Å². The monoisotopic (exact) mass is 262 g/mol. The number of hydrogen-bond donors (Lipinski definition) is 1. The smallest absolute Gasteiger partial charge is 0.409 e. The molecule has 0 aromatic heterocycles. The highest BCUT2D eigenvalue weighted by Gasteiger charge is 2.21. The van der Waals surface area contributed by atoms with Crippen molar-refractivity contribution in [3.05, 3.63) is 30.3 Å². The molecule has 1 aliphatic rings. The van der Waals surface area contributed by atoms with E-state index in [0.717, 1.165) is 38.0 Å². The van der Waals surface area contributed by atoms with Crippen molar-refractivity contribution in [1.82, 2.24) is 4.90 Å². The molecule has 1 amide bonds. The van der Waals surface area contributed by atoms with Crippen LogP contribution >= 0.6 is 0 Å². The van der Waals surface area contributed by atoms with E-state index < -0.39 is 0 Å². The minimum atomic E-state index is -0.178. The summed E-state index contributed by atoms with van der Waals surface area (Å²) in [6, 6.07) is 10.7. The zero-order chi connectivity index (χ0) is 13.5. The molecule has 0 aliphatic carbocycles. The summed E-state index contributed by atoms with van der Waals surface area (Å²) in [4.78, 5) is 13.5. The van der Waals surface area contributed by atoms with E-state index in [1.54, 1.807) is 0 Å². The number of hydrogen-bond acceptors (Lipinski definition) is 3. The Kier molecular flexibility index (Phi) is 5.07. The summed E-state index contributed by atoms with van der Waals surface area (Å²) in [5, 5.41) is 3.53. The van der Waals surface area contributed by atoms with Crippen molar-refractivity contribution in [3.8, 4) is 0 Å². The second kappa shape index (κ2) is 7.02. The Morgan fingerprint density at radius 3 is 2.84 bits per heavy atom. The highest BCUT2D eigenvalue weighted by Crippen LogP contribution is 2.17. The summed E-state index contributed by atoms with van der Waals surface area (Å²) in [5.74, 6) is 0. The second-order valence-corrected chi connectivity index (χ2v) is 4.82. The van der Waals surface area contributed by atoms with Gasteiger partial charge in [0.25, 0.3) is 0 Å². The summed E-state index contributed by atoms with van der Waals surface area (Å²) in [7, 11) is 0. The zero-order valence-corrected chi connectivity index (χ0v) is 11.5. The minimum absolute atomic E-state index is 0.178. The fourth-order valence-electron chi connectivity index (χ4n) is 2.41. The van der Waals surface area contributed by atoms with E-state index >= 15 is 0 Å². The number of rotatable bonds is 3. The predicted molar refractivity (Wildman–Crippen MR) is 76.3 cm³/mol. The minimum Gasteiger partial charge on any atom is -0.450 e. The average Bonchev–Trinajstić information content (AvgIpc) is 2.66. The average molecular weight is 262 g/mol. The van der Waals surface area contributed by atoms with E-state index in [9.17, 15) is 4.79 Å². The largest absolute Gasteiger partial charge is 0.450 e. The van der Waals surface area contributed by atoms with Crippen LogP contribution in [0.5, 0.6) is 0 Å². The van der Waals surface area contributed by atoms with Crippen molar-refractivity contribution < 1.29 is 9.53 Å². The van der Waals surface area contributed by atoms with Gasteiger partial charge in [0.15, 0.2) is 0 Å². The maximum Gasteiger partial charge on any atom is 0.409 e.